The zero-order chi connectivity index (χ0) is 27.2. The molecule has 2 unspecified atom stereocenters. The van der Waals surface area contributed by atoms with E-state index < -0.39 is 6.04 Å². The SMILES string of the molecule is COc1cccc(CN(CC2CCCCC2)C2CC(C(=O)N3CCNCC3)N(C(=O)c3ccc(C)cc3)C2)c1. The monoisotopic (exact) mass is 532 g/mol. The number of rotatable bonds is 8. The van der Waals surface area contributed by atoms with Gasteiger partial charge in [0.25, 0.3) is 5.91 Å². The van der Waals surface area contributed by atoms with Crippen LogP contribution in [0.3, 0.4) is 0 Å². The van der Waals surface area contributed by atoms with Crippen molar-refractivity contribution in [2.45, 2.75) is 64.1 Å². The third kappa shape index (κ3) is 6.82. The van der Waals surface area contributed by atoms with Crippen LogP contribution in [0.5, 0.6) is 5.75 Å². The molecular formula is C32H44N4O3. The number of nitrogens with one attached hydrogen (secondary N) is 1. The Kier molecular flexibility index (Phi) is 9.20. The maximum absolute atomic E-state index is 13.9. The van der Waals surface area contributed by atoms with Gasteiger partial charge >= 0.3 is 0 Å². The molecule has 1 aliphatic carbocycles. The van der Waals surface area contributed by atoms with Crippen LogP contribution in [0.2, 0.25) is 0 Å². The fourth-order valence-electron chi connectivity index (χ4n) is 6.54. The molecule has 1 N–H and O–H groups in total. The third-order valence-electron chi connectivity index (χ3n) is 8.81. The van der Waals surface area contributed by atoms with Gasteiger partial charge in [0.15, 0.2) is 0 Å². The quantitative estimate of drug-likeness (QED) is 0.555. The predicted octanol–water partition coefficient (Wildman–Crippen LogP) is 4.10. The highest BCUT2D eigenvalue weighted by atomic mass is 16.5. The van der Waals surface area contributed by atoms with E-state index in [1.165, 1.54) is 37.7 Å². The highest BCUT2D eigenvalue weighted by Gasteiger charge is 2.44. The lowest BCUT2D eigenvalue weighted by molar-refractivity contribution is -0.135. The molecule has 3 aliphatic rings. The lowest BCUT2D eigenvalue weighted by Gasteiger charge is -2.34. The van der Waals surface area contributed by atoms with Gasteiger partial charge in [0, 0.05) is 57.4 Å². The summed E-state index contributed by atoms with van der Waals surface area (Å²) in [7, 11) is 1.71. The maximum atomic E-state index is 13.9. The molecule has 0 bridgehead atoms. The first-order valence-corrected chi connectivity index (χ1v) is 14.8. The third-order valence-corrected chi connectivity index (χ3v) is 8.81. The molecule has 1 saturated carbocycles. The average molecular weight is 533 g/mol. The number of hydrogen-bond donors (Lipinski definition) is 1. The second-order valence-electron chi connectivity index (χ2n) is 11.6. The van der Waals surface area contributed by atoms with Crippen molar-refractivity contribution in [3.63, 3.8) is 0 Å². The van der Waals surface area contributed by atoms with Gasteiger partial charge in [0.1, 0.15) is 11.8 Å². The molecule has 2 aromatic carbocycles. The number of nitrogens with zero attached hydrogens (tertiary/aromatic N) is 3. The molecule has 7 nitrogen and oxygen atoms in total. The minimum atomic E-state index is -0.430. The first-order chi connectivity index (χ1) is 19.0. The molecule has 7 heteroatoms. The Bertz CT molecular complexity index is 1110. The van der Waals surface area contributed by atoms with E-state index in [-0.39, 0.29) is 17.9 Å². The lowest BCUT2D eigenvalue weighted by atomic mass is 9.88. The topological polar surface area (TPSA) is 65.1 Å². The van der Waals surface area contributed by atoms with Crippen molar-refractivity contribution in [3.05, 3.63) is 65.2 Å². The Balaban J connectivity index is 1.41. The van der Waals surface area contributed by atoms with Crippen LogP contribution in [-0.2, 0) is 11.3 Å². The van der Waals surface area contributed by atoms with Gasteiger partial charge in [-0.1, -0.05) is 49.1 Å². The summed E-state index contributed by atoms with van der Waals surface area (Å²) in [4.78, 5) is 34.1. The second-order valence-corrected chi connectivity index (χ2v) is 11.6. The predicted molar refractivity (Wildman–Crippen MR) is 154 cm³/mol. The number of amides is 2. The van der Waals surface area contributed by atoms with Crippen molar-refractivity contribution in [2.75, 3.05) is 46.4 Å². The Morgan fingerprint density at radius 2 is 1.77 bits per heavy atom. The maximum Gasteiger partial charge on any atom is 0.254 e. The van der Waals surface area contributed by atoms with Gasteiger partial charge in [-0.3, -0.25) is 14.5 Å². The summed E-state index contributed by atoms with van der Waals surface area (Å²) in [5.41, 5.74) is 2.99. The molecule has 2 amide bonds. The van der Waals surface area contributed by atoms with E-state index in [1.54, 1.807) is 7.11 Å². The molecule has 0 spiro atoms. The van der Waals surface area contributed by atoms with Gasteiger partial charge in [-0.2, -0.15) is 0 Å². The number of carbonyl (C=O) groups excluding carboxylic acids is 2. The first kappa shape index (κ1) is 27.7. The average Bonchev–Trinajstić information content (AvgIpc) is 3.43. The summed E-state index contributed by atoms with van der Waals surface area (Å²) in [6.07, 6.45) is 7.12. The Hall–Kier alpha value is -2.90. The van der Waals surface area contributed by atoms with E-state index in [9.17, 15) is 9.59 Å². The van der Waals surface area contributed by atoms with E-state index >= 15 is 0 Å². The van der Waals surface area contributed by atoms with Crippen LogP contribution in [-0.4, -0.2) is 85.0 Å². The van der Waals surface area contributed by atoms with Gasteiger partial charge in [-0.05, 0) is 61.9 Å². The number of benzene rings is 2. The van der Waals surface area contributed by atoms with Crippen LogP contribution >= 0.6 is 0 Å². The van der Waals surface area contributed by atoms with E-state index in [0.717, 1.165) is 37.5 Å². The first-order valence-electron chi connectivity index (χ1n) is 14.8. The molecule has 2 aromatic rings. The van der Waals surface area contributed by atoms with Crippen molar-refractivity contribution < 1.29 is 14.3 Å². The van der Waals surface area contributed by atoms with Crippen LogP contribution in [0.25, 0.3) is 0 Å². The van der Waals surface area contributed by atoms with Crippen molar-refractivity contribution in [1.29, 1.82) is 0 Å². The summed E-state index contributed by atoms with van der Waals surface area (Å²) >= 11 is 0. The molecule has 0 radical (unpaired) electrons. The number of methoxy groups -OCH3 is 1. The Morgan fingerprint density at radius 3 is 2.49 bits per heavy atom. The minimum Gasteiger partial charge on any atom is -0.497 e. The van der Waals surface area contributed by atoms with Crippen molar-refractivity contribution >= 4 is 11.8 Å². The summed E-state index contributed by atoms with van der Waals surface area (Å²) in [6.45, 7) is 7.39. The van der Waals surface area contributed by atoms with Crippen molar-refractivity contribution in [2.24, 2.45) is 5.92 Å². The number of piperazine rings is 1. The molecule has 39 heavy (non-hydrogen) atoms. The number of likely N-dealkylation sites (tertiary alicyclic amines) is 1. The summed E-state index contributed by atoms with van der Waals surface area (Å²) in [5, 5.41) is 3.34. The van der Waals surface area contributed by atoms with Crippen LogP contribution in [0.1, 0.15) is 60.0 Å². The normalized spacial score (nSPS) is 22.3. The molecule has 2 heterocycles. The molecule has 2 aliphatic heterocycles. The fourth-order valence-corrected chi connectivity index (χ4v) is 6.54. The molecule has 3 fully saturated rings. The molecule has 210 valence electrons. The van der Waals surface area contributed by atoms with Gasteiger partial charge in [0.2, 0.25) is 5.91 Å². The van der Waals surface area contributed by atoms with Crippen LogP contribution in [0, 0.1) is 12.8 Å². The van der Waals surface area contributed by atoms with Crippen LogP contribution in [0.4, 0.5) is 0 Å². The largest absolute Gasteiger partial charge is 0.497 e. The Morgan fingerprint density at radius 1 is 1.03 bits per heavy atom. The zero-order valence-electron chi connectivity index (χ0n) is 23.6. The van der Waals surface area contributed by atoms with Crippen molar-refractivity contribution in [1.82, 2.24) is 20.0 Å². The standard InChI is InChI=1S/C32H44N4O3/c1-24-11-13-27(14-12-24)31(37)36-23-28(20-30(36)32(38)34-17-15-33-16-18-34)35(21-25-7-4-3-5-8-25)22-26-9-6-10-29(19-26)39-2/h6,9-14,19,25,28,30,33H,3-5,7-8,15-18,20-23H2,1-2H3. The highest BCUT2D eigenvalue weighted by Crippen LogP contribution is 2.31. The van der Waals surface area contributed by atoms with Crippen LogP contribution in [0.15, 0.2) is 48.5 Å². The van der Waals surface area contributed by atoms with E-state index in [4.69, 9.17) is 4.74 Å². The summed E-state index contributed by atoms with van der Waals surface area (Å²) in [5.74, 6) is 1.58. The zero-order valence-corrected chi connectivity index (χ0v) is 23.6. The molecule has 2 atom stereocenters. The van der Waals surface area contributed by atoms with Gasteiger partial charge in [0.05, 0.1) is 7.11 Å². The lowest BCUT2D eigenvalue weighted by Crippen LogP contribution is -2.53. The second kappa shape index (κ2) is 13.0. The van der Waals surface area contributed by atoms with Gasteiger partial charge in [-0.15, -0.1) is 0 Å². The van der Waals surface area contributed by atoms with Gasteiger partial charge in [-0.25, -0.2) is 0 Å². The smallest absolute Gasteiger partial charge is 0.254 e. The highest BCUT2D eigenvalue weighted by molar-refractivity contribution is 5.98. The van der Waals surface area contributed by atoms with Gasteiger partial charge < -0.3 is 19.9 Å². The molecular weight excluding hydrogens is 488 g/mol. The fraction of sp³-hybridized carbons (Fsp3) is 0.562. The Labute approximate surface area is 233 Å². The molecule has 5 rings (SSSR count). The van der Waals surface area contributed by atoms with E-state index in [2.05, 4.69) is 22.3 Å². The number of hydrogen-bond acceptors (Lipinski definition) is 5. The number of aryl methyl sites for hydroxylation is 1. The van der Waals surface area contributed by atoms with E-state index in [1.807, 2.05) is 53.1 Å². The summed E-state index contributed by atoms with van der Waals surface area (Å²) < 4.78 is 5.51. The minimum absolute atomic E-state index is 0.0371. The number of ether oxygens (including phenoxy) is 1. The summed E-state index contributed by atoms with van der Waals surface area (Å²) in [6, 6.07) is 15.7. The van der Waals surface area contributed by atoms with Crippen LogP contribution < -0.4 is 10.1 Å². The molecule has 2 saturated heterocycles. The van der Waals surface area contributed by atoms with Crippen molar-refractivity contribution in [3.8, 4) is 5.75 Å². The molecule has 0 aromatic heterocycles. The van der Waals surface area contributed by atoms with E-state index in [0.29, 0.717) is 37.5 Å². The number of carbonyl (C=O) groups is 2.